The number of piperidine rings is 1. The third-order valence-corrected chi connectivity index (χ3v) is 5.91. The molecule has 1 atom stereocenters. The van der Waals surface area contributed by atoms with E-state index in [1.807, 2.05) is 20.8 Å². The first-order chi connectivity index (χ1) is 8.21. The molecule has 6 heteroatoms. The Morgan fingerprint density at radius 1 is 1.22 bits per heavy atom. The van der Waals surface area contributed by atoms with Gasteiger partial charge in [0.2, 0.25) is 5.91 Å². The van der Waals surface area contributed by atoms with Gasteiger partial charge in [0.15, 0.2) is 14.6 Å². The van der Waals surface area contributed by atoms with Crippen LogP contribution < -0.4 is 10.6 Å². The number of carbonyl (C=O) groups is 1. The maximum Gasteiger partial charge on any atom is 0.241 e. The van der Waals surface area contributed by atoms with Gasteiger partial charge in [-0.15, -0.1) is 0 Å². The highest BCUT2D eigenvalue weighted by atomic mass is 32.2. The van der Waals surface area contributed by atoms with Crippen LogP contribution in [0.2, 0.25) is 0 Å². The van der Waals surface area contributed by atoms with Gasteiger partial charge in [-0.05, 0) is 38.8 Å². The molecule has 1 aliphatic heterocycles. The summed E-state index contributed by atoms with van der Waals surface area (Å²) in [5, 5.41) is 5.95. The van der Waals surface area contributed by atoms with Crippen LogP contribution in [-0.4, -0.2) is 44.5 Å². The number of carbonyl (C=O) groups excluding carboxylic acids is 1. The molecule has 0 aliphatic carbocycles. The molecule has 1 saturated heterocycles. The van der Waals surface area contributed by atoms with Crippen molar-refractivity contribution in [1.82, 2.24) is 10.6 Å². The van der Waals surface area contributed by atoms with Gasteiger partial charge in [-0.3, -0.25) is 4.79 Å². The monoisotopic (exact) mass is 276 g/mol. The molecule has 0 radical (unpaired) electrons. The Balaban J connectivity index is 2.94. The molecular weight excluding hydrogens is 252 g/mol. The zero-order chi connectivity index (χ0) is 14.0. The average molecular weight is 276 g/mol. The van der Waals surface area contributed by atoms with Crippen LogP contribution in [0.4, 0.5) is 0 Å². The van der Waals surface area contributed by atoms with Gasteiger partial charge >= 0.3 is 0 Å². The number of hydrogen-bond acceptors (Lipinski definition) is 4. The highest BCUT2D eigenvalue weighted by Gasteiger charge is 2.48. The number of hydrogen-bond donors (Lipinski definition) is 2. The van der Waals surface area contributed by atoms with Gasteiger partial charge in [0, 0.05) is 12.3 Å². The largest absolute Gasteiger partial charge is 0.352 e. The van der Waals surface area contributed by atoms with Crippen molar-refractivity contribution in [2.45, 2.75) is 44.4 Å². The summed E-state index contributed by atoms with van der Waals surface area (Å²) in [5.74, 6) is -0.0556. The fourth-order valence-electron chi connectivity index (χ4n) is 2.10. The first kappa shape index (κ1) is 15.4. The molecule has 18 heavy (non-hydrogen) atoms. The summed E-state index contributed by atoms with van der Waals surface area (Å²) < 4.78 is 22.8. The summed E-state index contributed by atoms with van der Waals surface area (Å²) in [7, 11) is -3.41. The molecule has 5 nitrogen and oxygen atoms in total. The Labute approximate surface area is 110 Å². The molecule has 1 fully saturated rings. The molecule has 1 amide bonds. The van der Waals surface area contributed by atoms with Gasteiger partial charge in [0.1, 0.15) is 0 Å². The van der Waals surface area contributed by atoms with E-state index in [9.17, 15) is 13.2 Å². The predicted molar refractivity (Wildman–Crippen MR) is 72.1 cm³/mol. The maximum atomic E-state index is 12.4. The Bertz CT molecular complexity index is 398. The normalized spacial score (nSPS) is 21.6. The van der Waals surface area contributed by atoms with Crippen molar-refractivity contribution in [2.75, 3.05) is 19.3 Å². The minimum absolute atomic E-state index is 0.0222. The molecule has 0 aromatic carbocycles. The predicted octanol–water partition coefficient (Wildman–Crippen LogP) is 0.314. The van der Waals surface area contributed by atoms with Gasteiger partial charge in [0.25, 0.3) is 0 Å². The van der Waals surface area contributed by atoms with Gasteiger partial charge in [-0.2, -0.15) is 0 Å². The molecule has 1 unspecified atom stereocenters. The van der Waals surface area contributed by atoms with Gasteiger partial charge in [-0.1, -0.05) is 13.8 Å². The van der Waals surface area contributed by atoms with E-state index < -0.39 is 14.6 Å². The second-order valence-corrected chi connectivity index (χ2v) is 7.85. The van der Waals surface area contributed by atoms with Crippen LogP contribution in [0.5, 0.6) is 0 Å². The maximum absolute atomic E-state index is 12.4. The van der Waals surface area contributed by atoms with Crippen molar-refractivity contribution >= 4 is 15.7 Å². The SMILES string of the molecule is CC(C)C(C)NC(=O)C1(S(C)(=O)=O)CCNCC1. The summed E-state index contributed by atoms with van der Waals surface area (Å²) >= 11 is 0. The van der Waals surface area contributed by atoms with Crippen LogP contribution in [0.25, 0.3) is 0 Å². The Hall–Kier alpha value is -0.620. The Morgan fingerprint density at radius 3 is 2.11 bits per heavy atom. The minimum atomic E-state index is -3.41. The lowest BCUT2D eigenvalue weighted by atomic mass is 9.94. The fourth-order valence-corrected chi connectivity index (χ4v) is 3.44. The second kappa shape index (κ2) is 5.57. The number of nitrogens with one attached hydrogen (secondary N) is 2. The molecule has 0 aromatic heterocycles. The number of sulfone groups is 1. The lowest BCUT2D eigenvalue weighted by Gasteiger charge is -2.35. The summed E-state index contributed by atoms with van der Waals surface area (Å²) in [6.45, 7) is 7.04. The van der Waals surface area contributed by atoms with E-state index in [0.717, 1.165) is 6.26 Å². The van der Waals surface area contributed by atoms with Crippen molar-refractivity contribution in [3.63, 3.8) is 0 Å². The van der Waals surface area contributed by atoms with E-state index in [2.05, 4.69) is 10.6 Å². The smallest absolute Gasteiger partial charge is 0.241 e. The highest BCUT2D eigenvalue weighted by molar-refractivity contribution is 7.92. The van der Waals surface area contributed by atoms with E-state index in [4.69, 9.17) is 0 Å². The lowest BCUT2D eigenvalue weighted by Crippen LogP contribution is -2.59. The van der Waals surface area contributed by atoms with Crippen LogP contribution in [0.15, 0.2) is 0 Å². The van der Waals surface area contributed by atoms with Crippen LogP contribution in [0, 0.1) is 5.92 Å². The minimum Gasteiger partial charge on any atom is -0.352 e. The Kier molecular flexibility index (Phi) is 4.78. The summed E-state index contributed by atoms with van der Waals surface area (Å²) in [6.07, 6.45) is 1.86. The van der Waals surface area contributed by atoms with Gasteiger partial charge < -0.3 is 10.6 Å². The van der Waals surface area contributed by atoms with Crippen LogP contribution in [0.1, 0.15) is 33.6 Å². The quantitative estimate of drug-likeness (QED) is 0.775. The molecule has 1 aliphatic rings. The molecule has 106 valence electrons. The van der Waals surface area contributed by atoms with Crippen molar-refractivity contribution < 1.29 is 13.2 Å². The van der Waals surface area contributed by atoms with E-state index >= 15 is 0 Å². The molecule has 1 heterocycles. The summed E-state index contributed by atoms with van der Waals surface area (Å²) in [6, 6.07) is -0.0222. The molecule has 0 saturated carbocycles. The summed E-state index contributed by atoms with van der Waals surface area (Å²) in [4.78, 5) is 12.4. The fraction of sp³-hybridized carbons (Fsp3) is 0.917. The topological polar surface area (TPSA) is 75.3 Å². The van der Waals surface area contributed by atoms with E-state index in [1.165, 1.54) is 0 Å². The van der Waals surface area contributed by atoms with Crippen LogP contribution >= 0.6 is 0 Å². The molecule has 0 aromatic rings. The van der Waals surface area contributed by atoms with Gasteiger partial charge in [0.05, 0.1) is 0 Å². The zero-order valence-corrected chi connectivity index (χ0v) is 12.4. The standard InChI is InChI=1S/C12H24N2O3S/c1-9(2)10(3)14-11(15)12(18(4,16)17)5-7-13-8-6-12/h9-10,13H,5-8H2,1-4H3,(H,14,15). The third-order valence-electron chi connectivity index (χ3n) is 3.89. The molecular formula is C12H24N2O3S. The molecule has 1 rings (SSSR count). The van der Waals surface area contributed by atoms with Crippen LogP contribution in [-0.2, 0) is 14.6 Å². The zero-order valence-electron chi connectivity index (χ0n) is 11.6. The van der Waals surface area contributed by atoms with Crippen molar-refractivity contribution in [2.24, 2.45) is 5.92 Å². The van der Waals surface area contributed by atoms with Crippen molar-refractivity contribution in [3.8, 4) is 0 Å². The van der Waals surface area contributed by atoms with Crippen molar-refractivity contribution in [1.29, 1.82) is 0 Å². The first-order valence-corrected chi connectivity index (χ1v) is 8.31. The average Bonchev–Trinajstić information content (AvgIpc) is 2.28. The van der Waals surface area contributed by atoms with Crippen molar-refractivity contribution in [3.05, 3.63) is 0 Å². The third kappa shape index (κ3) is 3.03. The van der Waals surface area contributed by atoms with Crippen LogP contribution in [0.3, 0.4) is 0 Å². The lowest BCUT2D eigenvalue weighted by molar-refractivity contribution is -0.125. The summed E-state index contributed by atoms with van der Waals surface area (Å²) in [5.41, 5.74) is 0. The second-order valence-electron chi connectivity index (χ2n) is 5.52. The van der Waals surface area contributed by atoms with E-state index in [1.54, 1.807) is 0 Å². The number of amides is 1. The molecule has 0 spiro atoms. The molecule has 2 N–H and O–H groups in total. The van der Waals surface area contributed by atoms with Gasteiger partial charge in [-0.25, -0.2) is 8.42 Å². The first-order valence-electron chi connectivity index (χ1n) is 6.42. The number of rotatable bonds is 4. The van der Waals surface area contributed by atoms with E-state index in [0.29, 0.717) is 25.9 Å². The highest BCUT2D eigenvalue weighted by Crippen LogP contribution is 2.28. The Morgan fingerprint density at radius 2 is 1.72 bits per heavy atom. The van der Waals surface area contributed by atoms with E-state index in [-0.39, 0.29) is 17.9 Å². The molecule has 0 bridgehead atoms.